The van der Waals surface area contributed by atoms with Gasteiger partial charge in [0.25, 0.3) is 5.91 Å². The Morgan fingerprint density at radius 2 is 2.23 bits per heavy atom. The van der Waals surface area contributed by atoms with Crippen LogP contribution in [-0.2, 0) is 19.9 Å². The van der Waals surface area contributed by atoms with Crippen LogP contribution in [0.5, 0.6) is 0 Å². The third-order valence-electron chi connectivity index (χ3n) is 3.40. The summed E-state index contributed by atoms with van der Waals surface area (Å²) in [5.41, 5.74) is 0. The highest BCUT2D eigenvalue weighted by Crippen LogP contribution is 2.19. The number of hydrogen-bond donors (Lipinski definition) is 1. The van der Waals surface area contributed by atoms with Gasteiger partial charge in [-0.05, 0) is 17.9 Å². The molecule has 0 aliphatic carbocycles. The molecule has 0 saturated carbocycles. The molecule has 10 heteroatoms. The van der Waals surface area contributed by atoms with Crippen LogP contribution >= 0.6 is 11.3 Å². The number of thiophene rings is 1. The highest BCUT2D eigenvalue weighted by atomic mass is 32.2. The fourth-order valence-corrected chi connectivity index (χ4v) is 6.01. The number of carbonyl (C=O) groups excluding carboxylic acids is 1. The van der Waals surface area contributed by atoms with Crippen molar-refractivity contribution in [1.29, 1.82) is 0 Å². The van der Waals surface area contributed by atoms with Crippen LogP contribution in [-0.4, -0.2) is 63.9 Å². The molecule has 1 aliphatic heterocycles. The van der Waals surface area contributed by atoms with Gasteiger partial charge >= 0.3 is 0 Å². The number of amides is 1. The first-order valence-corrected chi connectivity index (χ1v) is 11.2. The molecule has 7 nitrogen and oxygen atoms in total. The quantitative estimate of drug-likeness (QED) is 0.759. The number of nitrogens with one attached hydrogen (secondary N) is 1. The van der Waals surface area contributed by atoms with Crippen LogP contribution in [0.15, 0.2) is 17.5 Å². The van der Waals surface area contributed by atoms with Gasteiger partial charge in [-0.1, -0.05) is 6.07 Å². The first-order valence-electron chi connectivity index (χ1n) is 6.68. The molecule has 0 bridgehead atoms. The zero-order valence-electron chi connectivity index (χ0n) is 12.1. The van der Waals surface area contributed by atoms with E-state index in [4.69, 9.17) is 0 Å². The van der Waals surface area contributed by atoms with Crippen molar-refractivity contribution < 1.29 is 21.6 Å². The SMILES string of the molecule is CS(=O)(=O)N(CCNC(=O)c1cccs1)C1CCS(=O)(=O)C1. The summed E-state index contributed by atoms with van der Waals surface area (Å²) in [7, 11) is -6.70. The zero-order valence-corrected chi connectivity index (χ0v) is 14.5. The molecule has 1 fully saturated rings. The average molecular weight is 366 g/mol. The largest absolute Gasteiger partial charge is 0.350 e. The summed E-state index contributed by atoms with van der Waals surface area (Å²) in [4.78, 5) is 12.3. The summed E-state index contributed by atoms with van der Waals surface area (Å²) in [6.45, 7) is 0.205. The predicted molar refractivity (Wildman–Crippen MR) is 85.3 cm³/mol. The second-order valence-electron chi connectivity index (χ2n) is 5.16. The zero-order chi connectivity index (χ0) is 16.4. The summed E-state index contributed by atoms with van der Waals surface area (Å²) < 4.78 is 47.9. The van der Waals surface area contributed by atoms with Crippen molar-refractivity contribution in [2.75, 3.05) is 30.9 Å². The minimum absolute atomic E-state index is 0.00520. The standard InChI is InChI=1S/C12H18N2O5S3/c1-21(16,17)14(10-4-8-22(18,19)9-10)6-5-13-12(15)11-3-2-7-20-11/h2-3,7,10H,4-6,8-9H2,1H3,(H,13,15). The Labute approximate surface area is 134 Å². The Morgan fingerprint density at radius 3 is 2.73 bits per heavy atom. The van der Waals surface area contributed by atoms with Crippen LogP contribution in [0.2, 0.25) is 0 Å². The van der Waals surface area contributed by atoms with Gasteiger partial charge in [0.05, 0.1) is 22.6 Å². The minimum Gasteiger partial charge on any atom is -0.350 e. The molecular formula is C12H18N2O5S3. The van der Waals surface area contributed by atoms with Crippen LogP contribution in [0.25, 0.3) is 0 Å². The summed E-state index contributed by atoms with van der Waals surface area (Å²) in [6, 6.07) is 2.89. The number of nitrogens with zero attached hydrogens (tertiary/aromatic N) is 1. The normalized spacial score (nSPS) is 21.1. The molecule has 1 unspecified atom stereocenters. The molecule has 1 N–H and O–H groups in total. The van der Waals surface area contributed by atoms with E-state index in [-0.39, 0.29) is 30.5 Å². The van der Waals surface area contributed by atoms with Gasteiger partial charge in [-0.3, -0.25) is 4.79 Å². The van der Waals surface area contributed by atoms with Gasteiger partial charge in [-0.2, -0.15) is 4.31 Å². The van der Waals surface area contributed by atoms with Crippen molar-refractivity contribution >= 4 is 37.1 Å². The van der Waals surface area contributed by atoms with Crippen molar-refractivity contribution in [2.24, 2.45) is 0 Å². The van der Waals surface area contributed by atoms with E-state index in [1.807, 2.05) is 0 Å². The summed E-state index contributed by atoms with van der Waals surface area (Å²) in [6.07, 6.45) is 1.35. The van der Waals surface area contributed by atoms with E-state index in [1.165, 1.54) is 15.6 Å². The number of carbonyl (C=O) groups is 1. The second-order valence-corrected chi connectivity index (χ2v) is 10.3. The minimum atomic E-state index is -3.53. The van der Waals surface area contributed by atoms with Crippen LogP contribution in [0.4, 0.5) is 0 Å². The molecule has 1 aliphatic rings. The molecule has 0 radical (unpaired) electrons. The maximum atomic E-state index is 11.9. The van der Waals surface area contributed by atoms with Gasteiger partial charge in [0.2, 0.25) is 10.0 Å². The van der Waals surface area contributed by atoms with Gasteiger partial charge in [0.1, 0.15) is 0 Å². The molecule has 2 heterocycles. The maximum Gasteiger partial charge on any atom is 0.261 e. The number of hydrogen-bond acceptors (Lipinski definition) is 6. The molecule has 0 spiro atoms. The van der Waals surface area contributed by atoms with Gasteiger partial charge in [0.15, 0.2) is 9.84 Å². The Morgan fingerprint density at radius 1 is 1.50 bits per heavy atom. The monoisotopic (exact) mass is 366 g/mol. The molecule has 1 saturated heterocycles. The Kier molecular flexibility index (Phi) is 5.25. The Bertz CT molecular complexity index is 725. The lowest BCUT2D eigenvalue weighted by atomic mass is 10.2. The van der Waals surface area contributed by atoms with Crippen molar-refractivity contribution in [2.45, 2.75) is 12.5 Å². The lowest BCUT2D eigenvalue weighted by Gasteiger charge is -2.25. The highest BCUT2D eigenvalue weighted by molar-refractivity contribution is 7.92. The Balaban J connectivity index is 1.96. The molecule has 1 aromatic heterocycles. The van der Waals surface area contributed by atoms with Crippen LogP contribution in [0, 0.1) is 0 Å². The molecule has 2 rings (SSSR count). The molecule has 124 valence electrons. The van der Waals surface area contributed by atoms with E-state index in [0.29, 0.717) is 11.3 Å². The topological polar surface area (TPSA) is 101 Å². The van der Waals surface area contributed by atoms with E-state index in [2.05, 4.69) is 5.32 Å². The van der Waals surface area contributed by atoms with Gasteiger partial charge in [-0.15, -0.1) is 11.3 Å². The van der Waals surface area contributed by atoms with Crippen LogP contribution < -0.4 is 5.32 Å². The van der Waals surface area contributed by atoms with E-state index in [9.17, 15) is 21.6 Å². The summed E-state index contributed by atoms with van der Waals surface area (Å²) in [5, 5.41) is 4.43. The molecule has 1 amide bonds. The van der Waals surface area contributed by atoms with Crippen molar-refractivity contribution in [3.63, 3.8) is 0 Å². The molecule has 1 aromatic rings. The fourth-order valence-electron chi connectivity index (χ4n) is 2.40. The van der Waals surface area contributed by atoms with Gasteiger partial charge in [-0.25, -0.2) is 16.8 Å². The van der Waals surface area contributed by atoms with Crippen molar-refractivity contribution in [3.05, 3.63) is 22.4 Å². The molecule has 1 atom stereocenters. The summed E-state index contributed by atoms with van der Waals surface area (Å²) in [5.74, 6) is -0.410. The highest BCUT2D eigenvalue weighted by Gasteiger charge is 2.36. The van der Waals surface area contributed by atoms with Crippen LogP contribution in [0.3, 0.4) is 0 Å². The van der Waals surface area contributed by atoms with Crippen molar-refractivity contribution in [3.8, 4) is 0 Å². The third-order valence-corrected chi connectivity index (χ3v) is 7.36. The van der Waals surface area contributed by atoms with Crippen molar-refractivity contribution in [1.82, 2.24) is 9.62 Å². The third kappa shape index (κ3) is 4.51. The number of sulfonamides is 1. The van der Waals surface area contributed by atoms with E-state index >= 15 is 0 Å². The second kappa shape index (κ2) is 6.65. The van der Waals surface area contributed by atoms with Crippen LogP contribution in [0.1, 0.15) is 16.1 Å². The number of sulfone groups is 1. The lowest BCUT2D eigenvalue weighted by Crippen LogP contribution is -2.44. The van der Waals surface area contributed by atoms with Gasteiger partial charge < -0.3 is 5.32 Å². The number of rotatable bonds is 6. The van der Waals surface area contributed by atoms with E-state index in [1.54, 1.807) is 17.5 Å². The van der Waals surface area contributed by atoms with E-state index < -0.39 is 25.9 Å². The predicted octanol–water partition coefficient (Wildman–Crippen LogP) is -0.0734. The fraction of sp³-hybridized carbons (Fsp3) is 0.583. The van der Waals surface area contributed by atoms with E-state index in [0.717, 1.165) is 6.26 Å². The molecular weight excluding hydrogens is 348 g/mol. The molecule has 22 heavy (non-hydrogen) atoms. The average Bonchev–Trinajstić information content (AvgIpc) is 3.02. The smallest absolute Gasteiger partial charge is 0.261 e. The Hall–Kier alpha value is -0.970. The first-order chi connectivity index (χ1) is 10.2. The molecule has 0 aromatic carbocycles. The lowest BCUT2D eigenvalue weighted by molar-refractivity contribution is 0.0954. The first kappa shape index (κ1) is 17.4. The maximum absolute atomic E-state index is 11.9. The van der Waals surface area contributed by atoms with Gasteiger partial charge in [0, 0.05) is 19.1 Å². The summed E-state index contributed by atoms with van der Waals surface area (Å²) >= 11 is 1.30.